The maximum absolute atomic E-state index is 5.21. The van der Waals surface area contributed by atoms with E-state index in [2.05, 4.69) is 5.16 Å². The van der Waals surface area contributed by atoms with E-state index in [4.69, 9.17) is 4.84 Å². The van der Waals surface area contributed by atoms with Crippen LogP contribution < -0.4 is 12.4 Å². The maximum atomic E-state index is 5.21. The summed E-state index contributed by atoms with van der Waals surface area (Å²) in [5, 5.41) is 5.03. The van der Waals surface area contributed by atoms with Gasteiger partial charge in [-0.25, -0.2) is 4.58 Å². The van der Waals surface area contributed by atoms with Crippen LogP contribution in [0.15, 0.2) is 5.16 Å². The molecule has 0 aromatic carbocycles. The zero-order valence-electron chi connectivity index (χ0n) is 8.37. The van der Waals surface area contributed by atoms with Crippen molar-refractivity contribution in [2.75, 3.05) is 14.1 Å². The van der Waals surface area contributed by atoms with E-state index < -0.39 is 0 Å². The van der Waals surface area contributed by atoms with Gasteiger partial charge in [-0.1, -0.05) is 5.16 Å². The molecule has 0 saturated carbocycles. The lowest BCUT2D eigenvalue weighted by molar-refractivity contribution is -0.456. The molecule has 5 heteroatoms. The Morgan fingerprint density at radius 2 is 2.15 bits per heavy atom. The first-order chi connectivity index (χ1) is 5.49. The monoisotopic (exact) mass is 222 g/mol. The first-order valence-electron chi connectivity index (χ1n) is 3.91. The van der Waals surface area contributed by atoms with E-state index in [-0.39, 0.29) is 18.0 Å². The van der Waals surface area contributed by atoms with E-state index in [1.807, 2.05) is 38.1 Å². The molecule has 0 amide bonds. The number of oxime groups is 1. The molecule has 1 aliphatic rings. The first-order valence-corrected chi connectivity index (χ1v) is 4.79. The van der Waals surface area contributed by atoms with Crippen molar-refractivity contribution in [1.29, 1.82) is 0 Å². The molecule has 0 fully saturated rings. The molecule has 0 N–H and O–H groups in total. The highest BCUT2D eigenvalue weighted by Crippen LogP contribution is 2.26. The Bertz CT molecular complexity index is 234. The van der Waals surface area contributed by atoms with Crippen LogP contribution in [0.1, 0.15) is 20.3 Å². The largest absolute Gasteiger partial charge is 1.00 e. The van der Waals surface area contributed by atoms with Crippen LogP contribution in [0.2, 0.25) is 0 Å². The van der Waals surface area contributed by atoms with Crippen LogP contribution in [-0.4, -0.2) is 34.9 Å². The lowest BCUT2D eigenvalue weighted by Gasteiger charge is -2.12. The zero-order valence-corrected chi connectivity index (χ0v) is 9.95. The fraction of sp³-hybridized carbons (Fsp3) is 0.750. The van der Waals surface area contributed by atoms with Crippen LogP contribution in [0.25, 0.3) is 0 Å². The average molecular weight is 223 g/mol. The van der Waals surface area contributed by atoms with E-state index in [1.54, 1.807) is 11.8 Å². The fourth-order valence-corrected chi connectivity index (χ4v) is 1.68. The molecule has 0 bridgehead atoms. The fourth-order valence-electron chi connectivity index (χ4n) is 0.833. The molecular formula is C8H15ClN2OS. The summed E-state index contributed by atoms with van der Waals surface area (Å²) in [6, 6.07) is 0. The van der Waals surface area contributed by atoms with Gasteiger partial charge in [0.1, 0.15) is 24.7 Å². The van der Waals surface area contributed by atoms with Crippen LogP contribution in [0.4, 0.5) is 0 Å². The Balaban J connectivity index is 0.00000144. The molecule has 0 aromatic rings. The van der Waals surface area contributed by atoms with E-state index in [1.165, 1.54) is 0 Å². The third kappa shape index (κ3) is 4.52. The number of nitrogens with zero attached hydrogens (tertiary/aromatic N) is 2. The number of hydrogen-bond acceptors (Lipinski definition) is 3. The van der Waals surface area contributed by atoms with E-state index in [0.717, 1.165) is 11.5 Å². The second kappa shape index (κ2) is 4.86. The highest BCUT2D eigenvalue weighted by Gasteiger charge is 2.29. The summed E-state index contributed by atoms with van der Waals surface area (Å²) >= 11 is 1.62. The van der Waals surface area contributed by atoms with E-state index in [0.29, 0.717) is 0 Å². The Kier molecular flexibility index (Phi) is 4.78. The van der Waals surface area contributed by atoms with Crippen LogP contribution in [-0.2, 0) is 4.84 Å². The summed E-state index contributed by atoms with van der Waals surface area (Å²) in [6.45, 7) is 4.08. The Morgan fingerprint density at radius 3 is 2.54 bits per heavy atom. The summed E-state index contributed by atoms with van der Waals surface area (Å²) < 4.78 is 2.00. The summed E-state index contributed by atoms with van der Waals surface area (Å²) in [5.41, 5.74) is 1.91. The molecule has 0 saturated heterocycles. The quantitative estimate of drug-likeness (QED) is 0.308. The summed E-state index contributed by atoms with van der Waals surface area (Å²) in [7, 11) is 3.99. The molecule has 0 radical (unpaired) electrons. The lowest BCUT2D eigenvalue weighted by Crippen LogP contribution is -3.00. The second-order valence-corrected chi connectivity index (χ2v) is 4.62. The van der Waals surface area contributed by atoms with Gasteiger partial charge < -0.3 is 17.2 Å². The summed E-state index contributed by atoms with van der Waals surface area (Å²) in [6.07, 6.45) is 0.905. The molecule has 0 aliphatic carbocycles. The molecule has 3 nitrogen and oxygen atoms in total. The molecular weight excluding hydrogens is 208 g/mol. The molecule has 1 rings (SSSR count). The molecule has 13 heavy (non-hydrogen) atoms. The predicted molar refractivity (Wildman–Crippen MR) is 53.0 cm³/mol. The Morgan fingerprint density at radius 1 is 1.54 bits per heavy atom. The minimum absolute atomic E-state index is 0. The third-order valence-electron chi connectivity index (χ3n) is 1.37. The summed E-state index contributed by atoms with van der Waals surface area (Å²) in [5.74, 6) is 0. The first kappa shape index (κ1) is 12.8. The van der Waals surface area contributed by atoms with Crippen LogP contribution in [0.3, 0.4) is 0 Å². The normalized spacial score (nSPS) is 18.3. The van der Waals surface area contributed by atoms with Gasteiger partial charge in [-0.15, -0.1) is 0 Å². The molecule has 1 heterocycles. The topological polar surface area (TPSA) is 24.6 Å². The van der Waals surface area contributed by atoms with Gasteiger partial charge in [0.2, 0.25) is 5.55 Å². The third-order valence-corrected chi connectivity index (χ3v) is 2.39. The zero-order chi connectivity index (χ0) is 9.19. The Labute approximate surface area is 89.6 Å². The van der Waals surface area contributed by atoms with Gasteiger partial charge in [-0.05, 0) is 25.6 Å². The maximum Gasteiger partial charge on any atom is 0.203 e. The second-order valence-electron chi connectivity index (χ2n) is 3.70. The molecule has 1 aliphatic heterocycles. The van der Waals surface area contributed by atoms with Gasteiger partial charge in [0.05, 0.1) is 0 Å². The number of halogens is 1. The number of hydrogen-bond donors (Lipinski definition) is 0. The van der Waals surface area contributed by atoms with Gasteiger partial charge in [-0.2, -0.15) is 0 Å². The van der Waals surface area contributed by atoms with Crippen molar-refractivity contribution in [3.05, 3.63) is 0 Å². The van der Waals surface area contributed by atoms with Crippen LogP contribution in [0, 0.1) is 0 Å². The van der Waals surface area contributed by atoms with E-state index in [9.17, 15) is 0 Å². The molecule has 0 aromatic heterocycles. The van der Waals surface area contributed by atoms with Crippen LogP contribution in [0.5, 0.6) is 0 Å². The van der Waals surface area contributed by atoms with Gasteiger partial charge in [0.25, 0.3) is 0 Å². The molecule has 0 spiro atoms. The average Bonchev–Trinajstić information content (AvgIpc) is 2.26. The van der Waals surface area contributed by atoms with Gasteiger partial charge >= 0.3 is 0 Å². The van der Waals surface area contributed by atoms with Gasteiger partial charge in [0.15, 0.2) is 0 Å². The minimum atomic E-state index is -0.109. The molecule has 0 atom stereocenters. The van der Waals surface area contributed by atoms with Crippen molar-refractivity contribution in [2.45, 2.75) is 25.9 Å². The smallest absolute Gasteiger partial charge is 0.203 e. The van der Waals surface area contributed by atoms with Gasteiger partial charge in [0, 0.05) is 6.42 Å². The highest BCUT2D eigenvalue weighted by molar-refractivity contribution is 8.24. The van der Waals surface area contributed by atoms with Gasteiger partial charge in [-0.3, -0.25) is 0 Å². The lowest BCUT2D eigenvalue weighted by atomic mass is 10.1. The highest BCUT2D eigenvalue weighted by atomic mass is 35.5. The molecule has 76 valence electrons. The summed E-state index contributed by atoms with van der Waals surface area (Å²) in [4.78, 5) is 5.21. The Hall–Kier alpha value is -0.220. The van der Waals surface area contributed by atoms with E-state index >= 15 is 0 Å². The molecule has 0 unspecified atom stereocenters. The van der Waals surface area contributed by atoms with Crippen LogP contribution >= 0.6 is 11.8 Å². The number of thioether (sulfide) groups is 1. The van der Waals surface area contributed by atoms with Crippen molar-refractivity contribution in [3.8, 4) is 0 Å². The van der Waals surface area contributed by atoms with Crippen molar-refractivity contribution in [1.82, 2.24) is 0 Å². The minimum Gasteiger partial charge on any atom is -1.00 e. The van der Waals surface area contributed by atoms with Crippen molar-refractivity contribution >= 4 is 22.4 Å². The predicted octanol–water partition coefficient (Wildman–Crippen LogP) is -1.46. The van der Waals surface area contributed by atoms with Crippen molar-refractivity contribution in [2.24, 2.45) is 5.16 Å². The standard InChI is InChI=1S/C8H15N2OS.ClH/c1-8(2)5-7(9-11-8)12-6-10(3)4;/h6H,5H2,1-4H3;1H/q+1;/p-1. The van der Waals surface area contributed by atoms with Crippen molar-refractivity contribution in [3.63, 3.8) is 0 Å². The number of rotatable bonds is 1. The van der Waals surface area contributed by atoms with Crippen molar-refractivity contribution < 1.29 is 21.8 Å². The SMILES string of the molecule is C[N+](C)=CSC1=NOC(C)(C)C1.[Cl-].